The van der Waals surface area contributed by atoms with Gasteiger partial charge in [-0.25, -0.2) is 19.2 Å². The molecule has 0 radical (unpaired) electrons. The topological polar surface area (TPSA) is 77.2 Å². The van der Waals surface area contributed by atoms with Gasteiger partial charge in [-0.05, 0) is 36.8 Å². The second kappa shape index (κ2) is 6.62. The van der Waals surface area contributed by atoms with E-state index in [1.54, 1.807) is 30.4 Å². The van der Waals surface area contributed by atoms with Crippen LogP contribution in [0.4, 0.5) is 20.7 Å². The van der Waals surface area contributed by atoms with E-state index in [0.29, 0.717) is 12.2 Å². The molecular formula is C18H19FN6O. The second-order valence-electron chi connectivity index (χ2n) is 6.37. The van der Waals surface area contributed by atoms with Crippen LogP contribution in [0.3, 0.4) is 0 Å². The first-order valence-electron chi connectivity index (χ1n) is 8.44. The maximum absolute atomic E-state index is 13.0. The van der Waals surface area contributed by atoms with Gasteiger partial charge in [-0.1, -0.05) is 0 Å². The number of fused-ring (bicyclic) bond motifs is 1. The van der Waals surface area contributed by atoms with Crippen LogP contribution in [0.1, 0.15) is 6.42 Å². The van der Waals surface area contributed by atoms with Crippen molar-refractivity contribution in [2.75, 3.05) is 30.4 Å². The molecule has 0 saturated carbocycles. The van der Waals surface area contributed by atoms with Gasteiger partial charge in [-0.3, -0.25) is 0 Å². The normalized spacial score (nSPS) is 16.8. The Labute approximate surface area is 149 Å². The highest BCUT2D eigenvalue weighted by Crippen LogP contribution is 2.27. The van der Waals surface area contributed by atoms with Crippen LogP contribution in [0.5, 0.6) is 0 Å². The van der Waals surface area contributed by atoms with Gasteiger partial charge in [-0.15, -0.1) is 0 Å². The lowest BCUT2D eigenvalue weighted by Crippen LogP contribution is -2.41. The van der Waals surface area contributed by atoms with Gasteiger partial charge in [0.15, 0.2) is 0 Å². The molecule has 2 amide bonds. The first-order valence-corrected chi connectivity index (χ1v) is 8.44. The Morgan fingerprint density at radius 1 is 1.31 bits per heavy atom. The van der Waals surface area contributed by atoms with Gasteiger partial charge in [0, 0.05) is 32.0 Å². The molecule has 3 aromatic rings. The summed E-state index contributed by atoms with van der Waals surface area (Å²) in [6.07, 6.45) is 4.24. The van der Waals surface area contributed by atoms with Gasteiger partial charge < -0.3 is 20.1 Å². The minimum absolute atomic E-state index is 0.0689. The average Bonchev–Trinajstić information content (AvgIpc) is 3.32. The molecule has 1 aliphatic rings. The van der Waals surface area contributed by atoms with Crippen LogP contribution in [0.2, 0.25) is 0 Å². The number of urea groups is 1. The number of carbonyl (C=O) groups excluding carboxylic acids is 1. The van der Waals surface area contributed by atoms with Crippen molar-refractivity contribution in [1.82, 2.24) is 19.9 Å². The summed E-state index contributed by atoms with van der Waals surface area (Å²) in [5, 5.41) is 3.78. The van der Waals surface area contributed by atoms with Gasteiger partial charge >= 0.3 is 6.03 Å². The Balaban J connectivity index is 1.43. The highest BCUT2D eigenvalue weighted by Gasteiger charge is 2.30. The van der Waals surface area contributed by atoms with E-state index in [2.05, 4.69) is 25.2 Å². The van der Waals surface area contributed by atoms with E-state index < -0.39 is 0 Å². The number of nitrogens with one attached hydrogen (secondary N) is 2. The Morgan fingerprint density at radius 3 is 2.92 bits per heavy atom. The van der Waals surface area contributed by atoms with E-state index in [1.165, 1.54) is 12.1 Å². The fourth-order valence-electron chi connectivity index (χ4n) is 3.27. The lowest BCUT2D eigenvalue weighted by atomic mass is 10.2. The molecule has 2 aromatic heterocycles. The Hall–Kier alpha value is -3.16. The Kier molecular flexibility index (Phi) is 4.16. The summed E-state index contributed by atoms with van der Waals surface area (Å²) in [5.74, 6) is 0.551. The highest BCUT2D eigenvalue weighted by atomic mass is 19.1. The maximum atomic E-state index is 13.0. The summed E-state index contributed by atoms with van der Waals surface area (Å²) in [6, 6.07) is 7.56. The zero-order chi connectivity index (χ0) is 18.1. The van der Waals surface area contributed by atoms with Crippen LogP contribution >= 0.6 is 0 Å². The summed E-state index contributed by atoms with van der Waals surface area (Å²) >= 11 is 0. The smallest absolute Gasteiger partial charge is 0.321 e. The third kappa shape index (κ3) is 3.05. The lowest BCUT2D eigenvalue weighted by Gasteiger charge is -2.25. The second-order valence-corrected chi connectivity index (χ2v) is 6.37. The predicted octanol–water partition coefficient (Wildman–Crippen LogP) is 2.84. The monoisotopic (exact) mass is 354 g/mol. The van der Waals surface area contributed by atoms with Gasteiger partial charge in [0.05, 0.1) is 11.4 Å². The zero-order valence-corrected chi connectivity index (χ0v) is 14.3. The molecule has 1 fully saturated rings. The number of nitrogens with zero attached hydrogens (tertiary/aromatic N) is 4. The SMILES string of the molecule is CN(C(=O)Nc1ccc(F)cc1)C1CCN(c2ncnc3[nH]ccc23)C1. The molecule has 8 heteroatoms. The maximum Gasteiger partial charge on any atom is 0.321 e. The van der Waals surface area contributed by atoms with Crippen molar-refractivity contribution in [3.63, 3.8) is 0 Å². The van der Waals surface area contributed by atoms with Crippen LogP contribution in [0.25, 0.3) is 11.0 Å². The minimum Gasteiger partial charge on any atom is -0.354 e. The van der Waals surface area contributed by atoms with E-state index in [1.807, 2.05) is 12.3 Å². The highest BCUT2D eigenvalue weighted by molar-refractivity contribution is 5.90. The molecule has 1 atom stereocenters. The number of amides is 2. The summed E-state index contributed by atoms with van der Waals surface area (Å²) in [5.41, 5.74) is 1.38. The van der Waals surface area contributed by atoms with Gasteiger partial charge in [-0.2, -0.15) is 0 Å². The quantitative estimate of drug-likeness (QED) is 0.758. The number of aromatic amines is 1. The first kappa shape index (κ1) is 16.3. The molecule has 134 valence electrons. The van der Waals surface area contributed by atoms with Crippen molar-refractivity contribution in [1.29, 1.82) is 0 Å². The van der Waals surface area contributed by atoms with Crippen molar-refractivity contribution in [3.05, 3.63) is 48.7 Å². The molecule has 1 aliphatic heterocycles. The van der Waals surface area contributed by atoms with Crippen molar-refractivity contribution in [2.24, 2.45) is 0 Å². The molecule has 2 N–H and O–H groups in total. The third-order valence-corrected chi connectivity index (χ3v) is 4.76. The summed E-state index contributed by atoms with van der Waals surface area (Å²) < 4.78 is 13.0. The molecular weight excluding hydrogens is 335 g/mol. The molecule has 4 rings (SSSR count). The van der Waals surface area contributed by atoms with Gasteiger partial charge in [0.1, 0.15) is 23.6 Å². The van der Waals surface area contributed by atoms with Gasteiger partial charge in [0.2, 0.25) is 0 Å². The number of carbonyl (C=O) groups is 1. The summed E-state index contributed by atoms with van der Waals surface area (Å²) in [4.78, 5) is 28.1. The predicted molar refractivity (Wildman–Crippen MR) is 97.7 cm³/mol. The molecule has 1 unspecified atom stereocenters. The van der Waals surface area contributed by atoms with Crippen LogP contribution in [0, 0.1) is 5.82 Å². The van der Waals surface area contributed by atoms with Crippen LogP contribution in [-0.4, -0.2) is 52.1 Å². The summed E-state index contributed by atoms with van der Waals surface area (Å²) in [7, 11) is 1.78. The van der Waals surface area contributed by atoms with E-state index in [-0.39, 0.29) is 17.9 Å². The standard InChI is InChI=1S/C18H19FN6O/c1-24(18(26)23-13-4-2-12(19)3-5-13)14-7-9-25(10-14)17-15-6-8-20-16(15)21-11-22-17/h2-6,8,11,14H,7,9-10H2,1H3,(H,23,26)(H,20,21,22). The van der Waals surface area contributed by atoms with Gasteiger partial charge in [0.25, 0.3) is 0 Å². The Bertz CT molecular complexity index is 925. The number of rotatable bonds is 3. The van der Waals surface area contributed by atoms with E-state index in [9.17, 15) is 9.18 Å². The largest absolute Gasteiger partial charge is 0.354 e. The average molecular weight is 354 g/mol. The number of H-pyrrole nitrogens is 1. The number of benzene rings is 1. The molecule has 3 heterocycles. The third-order valence-electron chi connectivity index (χ3n) is 4.76. The summed E-state index contributed by atoms with van der Waals surface area (Å²) in [6.45, 7) is 1.51. The Morgan fingerprint density at radius 2 is 2.12 bits per heavy atom. The molecule has 0 spiro atoms. The first-order chi connectivity index (χ1) is 12.6. The lowest BCUT2D eigenvalue weighted by molar-refractivity contribution is 0.208. The number of halogens is 1. The molecule has 26 heavy (non-hydrogen) atoms. The van der Waals surface area contributed by atoms with Crippen LogP contribution in [0.15, 0.2) is 42.9 Å². The number of likely N-dealkylation sites (N-methyl/N-ethyl adjacent to an activating group) is 1. The van der Waals surface area contributed by atoms with Crippen molar-refractivity contribution < 1.29 is 9.18 Å². The van der Waals surface area contributed by atoms with Crippen molar-refractivity contribution in [3.8, 4) is 0 Å². The van der Waals surface area contributed by atoms with Crippen LogP contribution in [-0.2, 0) is 0 Å². The van der Waals surface area contributed by atoms with E-state index in [4.69, 9.17) is 0 Å². The van der Waals surface area contributed by atoms with Crippen LogP contribution < -0.4 is 10.2 Å². The molecule has 7 nitrogen and oxygen atoms in total. The number of aromatic nitrogens is 3. The molecule has 0 aliphatic carbocycles. The van der Waals surface area contributed by atoms with E-state index >= 15 is 0 Å². The van der Waals surface area contributed by atoms with E-state index in [0.717, 1.165) is 29.8 Å². The minimum atomic E-state index is -0.330. The number of anilines is 2. The van der Waals surface area contributed by atoms with Crippen molar-refractivity contribution >= 4 is 28.6 Å². The fourth-order valence-corrected chi connectivity index (χ4v) is 3.27. The van der Waals surface area contributed by atoms with Crippen molar-refractivity contribution in [2.45, 2.75) is 12.5 Å². The molecule has 1 aromatic carbocycles. The number of hydrogen-bond donors (Lipinski definition) is 2. The zero-order valence-electron chi connectivity index (χ0n) is 14.3. The number of hydrogen-bond acceptors (Lipinski definition) is 4. The molecule has 0 bridgehead atoms. The fraction of sp³-hybridized carbons (Fsp3) is 0.278. The molecule has 1 saturated heterocycles.